The highest BCUT2D eigenvalue weighted by Crippen LogP contribution is 2.35. The van der Waals surface area contributed by atoms with Gasteiger partial charge in [0.2, 0.25) is 0 Å². The minimum absolute atomic E-state index is 1.10. The summed E-state index contributed by atoms with van der Waals surface area (Å²) in [6, 6.07) is 63.0. The first-order valence-corrected chi connectivity index (χ1v) is 21.3. The highest BCUT2D eigenvalue weighted by atomic mass is 14.2. The molecule has 0 atom stereocenters. The smallest absolute Gasteiger partial charge is 0.00135 e. The summed E-state index contributed by atoms with van der Waals surface area (Å²) in [6.07, 6.45) is 32.9. The number of hydrogen-bond acceptors (Lipinski definition) is 0. The summed E-state index contributed by atoms with van der Waals surface area (Å²) >= 11 is 0. The monoisotopic (exact) mass is 774 g/mol. The molecule has 0 radical (unpaired) electrons. The molecule has 0 aromatic heterocycles. The molecule has 7 aromatic rings. The largest absolute Gasteiger partial charge is 0.0808 e. The maximum atomic E-state index is 2.23. The Morgan fingerprint density at radius 1 is 0.267 bits per heavy atom. The van der Waals surface area contributed by atoms with Gasteiger partial charge < -0.3 is 0 Å². The molecule has 0 spiro atoms. The number of fused-ring (bicyclic) bond motifs is 6. The summed E-state index contributed by atoms with van der Waals surface area (Å²) in [5.41, 5.74) is 14.5. The summed E-state index contributed by atoms with van der Waals surface area (Å²) in [4.78, 5) is 0. The number of rotatable bonds is 0. The van der Waals surface area contributed by atoms with E-state index >= 15 is 0 Å². The molecule has 0 aliphatic heterocycles. The second-order valence-corrected chi connectivity index (χ2v) is 15.0. The molecule has 6 aliphatic rings. The molecule has 0 saturated heterocycles. The van der Waals surface area contributed by atoms with Crippen LogP contribution >= 0.6 is 0 Å². The minimum atomic E-state index is 1.10. The zero-order valence-corrected chi connectivity index (χ0v) is 34.5. The van der Waals surface area contributed by atoms with Gasteiger partial charge in [-0.2, -0.15) is 0 Å². The summed E-state index contributed by atoms with van der Waals surface area (Å²) in [5, 5.41) is 2.62. The Kier molecular flexibility index (Phi) is 15.6. The van der Waals surface area contributed by atoms with Crippen molar-refractivity contribution in [1.82, 2.24) is 0 Å². The fraction of sp³-hybridized carbons (Fsp3) is 0.100. The number of allylic oxidation sites excluding steroid dienone is 12. The normalized spacial score (nSPS) is 13.8. The van der Waals surface area contributed by atoms with Gasteiger partial charge in [-0.25, -0.2) is 0 Å². The summed E-state index contributed by atoms with van der Waals surface area (Å²) in [5.74, 6) is 0. The van der Waals surface area contributed by atoms with Crippen LogP contribution in [0.25, 0.3) is 34.1 Å². The molecule has 0 fully saturated rings. The Labute approximate surface area is 358 Å². The van der Waals surface area contributed by atoms with Gasteiger partial charge in [0.15, 0.2) is 0 Å². The first kappa shape index (κ1) is 41.2. The number of hydrogen-bond donors (Lipinski definition) is 0. The van der Waals surface area contributed by atoms with Crippen LogP contribution in [0.3, 0.4) is 0 Å². The Balaban J connectivity index is 0.000000108. The minimum Gasteiger partial charge on any atom is -0.0808 e. The Morgan fingerprint density at radius 3 is 1.00 bits per heavy atom. The third-order valence-corrected chi connectivity index (χ3v) is 10.8. The molecule has 0 nitrogen and oxygen atoms in total. The van der Waals surface area contributed by atoms with E-state index < -0.39 is 0 Å². The van der Waals surface area contributed by atoms with Gasteiger partial charge in [-0.3, -0.25) is 0 Å². The quantitative estimate of drug-likeness (QED) is 0.144. The molecule has 0 saturated carbocycles. The lowest BCUT2D eigenvalue weighted by Gasteiger charge is -1.98. The summed E-state index contributed by atoms with van der Waals surface area (Å²) in [7, 11) is 0. The van der Waals surface area contributed by atoms with Gasteiger partial charge in [-0.1, -0.05) is 255 Å². The molecular weight excluding hydrogens is 721 g/mol. The van der Waals surface area contributed by atoms with Crippen LogP contribution in [0.15, 0.2) is 254 Å². The topological polar surface area (TPSA) is 0 Å². The second kappa shape index (κ2) is 22.8. The van der Waals surface area contributed by atoms with Crippen molar-refractivity contribution in [2.24, 2.45) is 0 Å². The van der Waals surface area contributed by atoms with Gasteiger partial charge >= 0.3 is 0 Å². The predicted octanol–water partition coefficient (Wildman–Crippen LogP) is 16.0. The molecule has 60 heavy (non-hydrogen) atoms. The van der Waals surface area contributed by atoms with Crippen molar-refractivity contribution in [2.45, 2.75) is 38.5 Å². The molecule has 13 rings (SSSR count). The average Bonchev–Trinajstić information content (AvgIpc) is 4.19. The van der Waals surface area contributed by atoms with E-state index in [9.17, 15) is 0 Å². The molecule has 0 heteroatoms. The van der Waals surface area contributed by atoms with E-state index in [0.717, 1.165) is 25.7 Å². The van der Waals surface area contributed by atoms with E-state index in [1.165, 1.54) is 79.3 Å². The first-order valence-electron chi connectivity index (χ1n) is 21.3. The Hall–Kier alpha value is -7.02. The fourth-order valence-corrected chi connectivity index (χ4v) is 7.65. The van der Waals surface area contributed by atoms with Crippen LogP contribution in [0, 0.1) is 0 Å². The van der Waals surface area contributed by atoms with Crippen LogP contribution in [-0.4, -0.2) is 0 Å². The van der Waals surface area contributed by atoms with Gasteiger partial charge in [-0.15, -0.1) is 0 Å². The fourth-order valence-electron chi connectivity index (χ4n) is 7.65. The van der Waals surface area contributed by atoms with E-state index in [1.54, 1.807) is 0 Å². The van der Waals surface area contributed by atoms with E-state index in [0.29, 0.717) is 0 Å². The molecule has 0 unspecified atom stereocenters. The second-order valence-electron chi connectivity index (χ2n) is 15.0. The average molecular weight is 775 g/mol. The van der Waals surface area contributed by atoms with E-state index in [2.05, 4.69) is 219 Å². The van der Waals surface area contributed by atoms with Crippen LogP contribution in [-0.2, 0) is 19.3 Å². The molecule has 0 N–H and O–H groups in total. The third kappa shape index (κ3) is 12.2. The van der Waals surface area contributed by atoms with Crippen molar-refractivity contribution in [3.8, 4) is 11.1 Å². The Bertz CT molecular complexity index is 2420. The Morgan fingerprint density at radius 2 is 0.617 bits per heavy atom. The van der Waals surface area contributed by atoms with Gasteiger partial charge in [0, 0.05) is 0 Å². The maximum Gasteiger partial charge on any atom is -0.00135 e. The van der Waals surface area contributed by atoms with E-state index in [4.69, 9.17) is 0 Å². The SMILES string of the molecule is C1=CC2=C(C=CC2)C1.C1=CCC=C1.C1=Cc2ccccc2C1.C1=Cc2ccccc2C1.c1ccc2c(c1)Cc1ccccc1-2.c1ccc2ccccc2c1.c1ccccc1. The molecular formula is C60H54. The maximum absolute atomic E-state index is 2.23. The zero-order valence-electron chi connectivity index (χ0n) is 34.5. The highest BCUT2D eigenvalue weighted by Gasteiger charge is 2.16. The third-order valence-electron chi connectivity index (χ3n) is 10.8. The van der Waals surface area contributed by atoms with Crippen molar-refractivity contribution in [3.63, 3.8) is 0 Å². The molecule has 0 heterocycles. The molecule has 0 bridgehead atoms. The van der Waals surface area contributed by atoms with E-state index in [1.807, 2.05) is 36.4 Å². The van der Waals surface area contributed by atoms with Crippen LogP contribution in [0.2, 0.25) is 0 Å². The molecule has 0 amide bonds. The van der Waals surface area contributed by atoms with Crippen molar-refractivity contribution >= 4 is 22.9 Å². The van der Waals surface area contributed by atoms with Crippen molar-refractivity contribution in [3.05, 3.63) is 287 Å². The number of benzene rings is 7. The molecule has 7 aromatic carbocycles. The standard InChI is InChI=1S/C13H10.C10H8.2C9H8.C8H8.C6H6.C5H6/c1-3-7-12-10(5-1)9-11-6-2-4-8-13(11)12;1-2-6-10-8-4-3-7-9(10)5-1;2*1-2-5-9-7-3-6-8(9)4-1;1-3-7-5-2-6-8(7)4-1;1-2-4-6-5-3-1;1-2-4-5-3-1/h1-8H,9H2;1-8H;2*1-6H,7H2;1-3,6H,4-5H2;1-6H;1-4H,5H2. The van der Waals surface area contributed by atoms with Crippen molar-refractivity contribution in [2.75, 3.05) is 0 Å². The highest BCUT2D eigenvalue weighted by molar-refractivity contribution is 5.82. The first-order chi connectivity index (χ1) is 29.8. The van der Waals surface area contributed by atoms with Crippen LogP contribution < -0.4 is 0 Å². The predicted molar refractivity (Wildman–Crippen MR) is 261 cm³/mol. The van der Waals surface area contributed by atoms with Crippen molar-refractivity contribution in [1.29, 1.82) is 0 Å². The lowest BCUT2D eigenvalue weighted by molar-refractivity contribution is 1.26. The summed E-state index contributed by atoms with van der Waals surface area (Å²) < 4.78 is 0. The molecule has 6 aliphatic carbocycles. The summed E-state index contributed by atoms with van der Waals surface area (Å²) in [6.45, 7) is 0. The lowest BCUT2D eigenvalue weighted by atomic mass is 10.1. The van der Waals surface area contributed by atoms with E-state index in [-0.39, 0.29) is 0 Å². The van der Waals surface area contributed by atoms with Gasteiger partial charge in [0.05, 0.1) is 0 Å². The van der Waals surface area contributed by atoms with Gasteiger partial charge in [0.1, 0.15) is 0 Å². The van der Waals surface area contributed by atoms with Crippen LogP contribution in [0.4, 0.5) is 0 Å². The van der Waals surface area contributed by atoms with Gasteiger partial charge in [-0.05, 0) is 105 Å². The lowest BCUT2D eigenvalue weighted by Crippen LogP contribution is -1.77. The zero-order chi connectivity index (χ0) is 40.9. The van der Waals surface area contributed by atoms with Crippen LogP contribution in [0.1, 0.15) is 52.6 Å². The van der Waals surface area contributed by atoms with Crippen molar-refractivity contribution < 1.29 is 0 Å². The van der Waals surface area contributed by atoms with Crippen LogP contribution in [0.5, 0.6) is 0 Å². The van der Waals surface area contributed by atoms with Gasteiger partial charge in [0.25, 0.3) is 0 Å². The molecule has 294 valence electrons.